The first-order valence-corrected chi connectivity index (χ1v) is 12.1. The number of amides is 2. The van der Waals surface area contributed by atoms with E-state index in [9.17, 15) is 27.2 Å². The topological polar surface area (TPSA) is 88.3 Å². The fraction of sp³-hybridized carbons (Fsp3) is 0.522. The number of likely N-dealkylation sites (N-methyl/N-ethyl adjacent to an activating group) is 1. The molecule has 0 unspecified atom stereocenters. The van der Waals surface area contributed by atoms with Gasteiger partial charge in [-0.25, -0.2) is 9.37 Å². The molecule has 1 heterocycles. The molecule has 12 heteroatoms. The number of aryl methyl sites for hydroxylation is 1. The van der Waals surface area contributed by atoms with Gasteiger partial charge in [-0.3, -0.25) is 9.59 Å². The maximum Gasteiger partial charge on any atom is 0.395 e. The van der Waals surface area contributed by atoms with E-state index in [2.05, 4.69) is 10.3 Å². The molecule has 0 radical (unpaired) electrons. The van der Waals surface area contributed by atoms with E-state index in [1.54, 1.807) is 25.9 Å². The van der Waals surface area contributed by atoms with Crippen molar-refractivity contribution in [2.75, 3.05) is 20.6 Å². The van der Waals surface area contributed by atoms with Crippen LogP contribution in [0.25, 0.3) is 0 Å². The predicted octanol–water partition coefficient (Wildman–Crippen LogP) is 4.45. The van der Waals surface area contributed by atoms with Gasteiger partial charge in [-0.05, 0) is 51.9 Å². The minimum atomic E-state index is -4.42. The lowest BCUT2D eigenvalue weighted by Gasteiger charge is -2.29. The monoisotopic (exact) mass is 534 g/mol. The number of aromatic nitrogens is 1. The minimum absolute atomic E-state index is 0.0168. The molecule has 3 rings (SSSR count). The lowest BCUT2D eigenvalue weighted by molar-refractivity contribution is -0.194. The molecule has 192 valence electrons. The second kappa shape index (κ2) is 10.4. The third-order valence-electron chi connectivity index (χ3n) is 6.54. The van der Waals surface area contributed by atoms with Crippen molar-refractivity contribution >= 4 is 34.8 Å². The maximum atomic E-state index is 14.4. The Morgan fingerprint density at radius 1 is 1.31 bits per heavy atom. The average molecular weight is 535 g/mol. The van der Waals surface area contributed by atoms with E-state index < -0.39 is 35.1 Å². The molecule has 3 N–H and O–H groups in total. The van der Waals surface area contributed by atoms with Crippen LogP contribution in [0.2, 0.25) is 5.02 Å². The normalized spacial score (nSPS) is 16.7. The molecule has 1 aliphatic carbocycles. The predicted molar refractivity (Wildman–Crippen MR) is 126 cm³/mol. The summed E-state index contributed by atoms with van der Waals surface area (Å²) in [5, 5.41) is 3.14. The summed E-state index contributed by atoms with van der Waals surface area (Å²) in [6.07, 6.45) is -3.11. The van der Waals surface area contributed by atoms with E-state index in [-0.39, 0.29) is 48.9 Å². The highest BCUT2D eigenvalue weighted by atomic mass is 35.5. The van der Waals surface area contributed by atoms with Crippen molar-refractivity contribution in [3.63, 3.8) is 0 Å². The van der Waals surface area contributed by atoms with Crippen molar-refractivity contribution in [3.05, 3.63) is 50.2 Å². The van der Waals surface area contributed by atoms with Crippen LogP contribution < -0.4 is 11.1 Å². The number of hydrogen-bond donors (Lipinski definition) is 2. The summed E-state index contributed by atoms with van der Waals surface area (Å²) in [6, 6.07) is 2.40. The smallest absolute Gasteiger partial charge is 0.366 e. The summed E-state index contributed by atoms with van der Waals surface area (Å²) >= 11 is 7.27. The van der Waals surface area contributed by atoms with Crippen molar-refractivity contribution in [2.24, 2.45) is 11.1 Å². The Labute approximate surface area is 209 Å². The number of thiazole rings is 1. The lowest BCUT2D eigenvalue weighted by atomic mass is 9.84. The highest BCUT2D eigenvalue weighted by Crippen LogP contribution is 2.66. The summed E-state index contributed by atoms with van der Waals surface area (Å²) in [5.74, 6) is -3.37. The summed E-state index contributed by atoms with van der Waals surface area (Å²) in [4.78, 5) is 30.4. The summed E-state index contributed by atoms with van der Waals surface area (Å²) < 4.78 is 56.0. The molecule has 35 heavy (non-hydrogen) atoms. The number of carbonyl (C=O) groups is 2. The number of benzene rings is 1. The molecule has 0 bridgehead atoms. The van der Waals surface area contributed by atoms with Crippen molar-refractivity contribution < 1.29 is 27.2 Å². The molecule has 2 aromatic rings. The summed E-state index contributed by atoms with van der Waals surface area (Å²) in [5.41, 5.74) is 3.33. The highest BCUT2D eigenvalue weighted by Gasteiger charge is 2.67. The van der Waals surface area contributed by atoms with Crippen LogP contribution in [0, 0.1) is 18.2 Å². The molecule has 1 fully saturated rings. The fourth-order valence-electron chi connectivity index (χ4n) is 4.19. The molecule has 2 atom stereocenters. The second-order valence-electron chi connectivity index (χ2n) is 9.08. The van der Waals surface area contributed by atoms with E-state index in [0.29, 0.717) is 15.4 Å². The van der Waals surface area contributed by atoms with Gasteiger partial charge in [-0.15, -0.1) is 11.3 Å². The van der Waals surface area contributed by atoms with Gasteiger partial charge in [0.2, 0.25) is 5.91 Å². The number of rotatable bonds is 10. The molecule has 6 nitrogen and oxygen atoms in total. The Balaban J connectivity index is 1.71. The Morgan fingerprint density at radius 2 is 1.97 bits per heavy atom. The zero-order valence-electron chi connectivity index (χ0n) is 19.5. The van der Waals surface area contributed by atoms with Gasteiger partial charge in [-0.2, -0.15) is 13.2 Å². The highest BCUT2D eigenvalue weighted by molar-refractivity contribution is 7.11. The molecule has 1 aromatic heterocycles. The largest absolute Gasteiger partial charge is 0.395 e. The fourth-order valence-corrected chi connectivity index (χ4v) is 5.43. The Bertz CT molecular complexity index is 1100. The van der Waals surface area contributed by atoms with Crippen LogP contribution in [0.5, 0.6) is 0 Å². The SMILES string of the molecule is Cc1ncc([C@@H](CC(=O)NC[C@H](Cc2ccc(C(N)=O)c(F)c2Cl)N(C)C)C2(C(F)(F)F)CC2)s1. The van der Waals surface area contributed by atoms with Crippen LogP contribution in [-0.4, -0.2) is 54.6 Å². The number of halogens is 5. The number of primary amides is 1. The van der Waals surface area contributed by atoms with Crippen LogP contribution in [-0.2, 0) is 11.2 Å². The van der Waals surface area contributed by atoms with Crippen LogP contribution in [0.4, 0.5) is 17.6 Å². The standard InChI is InChI=1S/C23H27ClF4N4O2S/c1-12-30-11-17(35-12)16(22(6-7-22)23(26,27)28)9-18(33)31-10-14(32(2)3)8-13-4-5-15(21(29)34)20(25)19(13)24/h4-5,11,14,16H,6-10H2,1-3H3,(H2,29,34)(H,31,33)/t14-,16+/m0/s1. The minimum Gasteiger partial charge on any atom is -0.366 e. The van der Waals surface area contributed by atoms with Gasteiger partial charge in [0.1, 0.15) is 0 Å². The van der Waals surface area contributed by atoms with Crippen molar-refractivity contribution in [2.45, 2.75) is 50.7 Å². The van der Waals surface area contributed by atoms with Crippen LogP contribution in [0.3, 0.4) is 0 Å². The first-order valence-electron chi connectivity index (χ1n) is 11.0. The van der Waals surface area contributed by atoms with E-state index in [1.807, 2.05) is 0 Å². The van der Waals surface area contributed by atoms with Crippen LogP contribution in [0.15, 0.2) is 18.3 Å². The van der Waals surface area contributed by atoms with Crippen LogP contribution >= 0.6 is 22.9 Å². The zero-order chi connectivity index (χ0) is 26.1. The van der Waals surface area contributed by atoms with E-state index in [0.717, 1.165) is 0 Å². The number of hydrogen-bond acceptors (Lipinski definition) is 5. The molecule has 1 saturated carbocycles. The first-order chi connectivity index (χ1) is 16.3. The quantitative estimate of drug-likeness (QED) is 0.441. The lowest BCUT2D eigenvalue weighted by Crippen LogP contribution is -2.42. The van der Waals surface area contributed by atoms with Crippen molar-refractivity contribution in [1.82, 2.24) is 15.2 Å². The number of nitrogens with one attached hydrogen (secondary N) is 1. The number of nitrogens with two attached hydrogens (primary N) is 1. The van der Waals surface area contributed by atoms with E-state index in [4.69, 9.17) is 17.3 Å². The third-order valence-corrected chi connectivity index (χ3v) is 7.98. The van der Waals surface area contributed by atoms with Crippen LogP contribution in [0.1, 0.15) is 51.0 Å². The molecule has 0 saturated heterocycles. The molecule has 1 aliphatic rings. The number of nitrogens with zero attached hydrogens (tertiary/aromatic N) is 2. The third kappa shape index (κ3) is 5.95. The molecule has 0 spiro atoms. The number of carbonyl (C=O) groups excluding carboxylic acids is 2. The maximum absolute atomic E-state index is 14.4. The molecular weight excluding hydrogens is 508 g/mol. The van der Waals surface area contributed by atoms with Gasteiger partial charge in [-0.1, -0.05) is 17.7 Å². The van der Waals surface area contributed by atoms with Gasteiger partial charge in [0, 0.05) is 36.0 Å². The first kappa shape index (κ1) is 27.3. The molecule has 1 aromatic carbocycles. The van der Waals surface area contributed by atoms with Gasteiger partial charge in [0.25, 0.3) is 5.91 Å². The molecule has 0 aliphatic heterocycles. The Morgan fingerprint density at radius 3 is 2.46 bits per heavy atom. The van der Waals surface area contributed by atoms with E-state index >= 15 is 0 Å². The Hall–Kier alpha value is -2.24. The average Bonchev–Trinajstić information content (AvgIpc) is 3.47. The zero-order valence-corrected chi connectivity index (χ0v) is 21.1. The summed E-state index contributed by atoms with van der Waals surface area (Å²) in [7, 11) is 3.51. The second-order valence-corrected chi connectivity index (χ2v) is 10.7. The Kier molecular flexibility index (Phi) is 8.12. The van der Waals surface area contributed by atoms with Crippen molar-refractivity contribution in [3.8, 4) is 0 Å². The van der Waals surface area contributed by atoms with Crippen molar-refractivity contribution in [1.29, 1.82) is 0 Å². The van der Waals surface area contributed by atoms with E-state index in [1.165, 1.54) is 29.7 Å². The van der Waals surface area contributed by atoms with Gasteiger partial charge in [0.15, 0.2) is 5.82 Å². The van der Waals surface area contributed by atoms with Gasteiger partial charge >= 0.3 is 6.18 Å². The summed E-state index contributed by atoms with van der Waals surface area (Å²) in [6.45, 7) is 1.82. The molecular formula is C23H27ClF4N4O2S. The number of alkyl halides is 3. The van der Waals surface area contributed by atoms with Gasteiger partial charge in [0.05, 0.1) is 21.0 Å². The molecule has 2 amide bonds. The van der Waals surface area contributed by atoms with Gasteiger partial charge < -0.3 is 16.0 Å².